The van der Waals surface area contributed by atoms with Crippen LogP contribution in [0.25, 0.3) is 0 Å². The molecule has 136 valence electrons. The summed E-state index contributed by atoms with van der Waals surface area (Å²) in [7, 11) is 2.04. The van der Waals surface area contributed by atoms with Gasteiger partial charge in [0, 0.05) is 51.6 Å². The highest BCUT2D eigenvalue weighted by atomic mass is 16.5. The molecular weight excluding hydrogens is 300 g/mol. The van der Waals surface area contributed by atoms with Gasteiger partial charge in [-0.1, -0.05) is 6.92 Å². The number of piperidine rings is 1. The number of imidazole rings is 1. The average Bonchev–Trinajstić information content (AvgIpc) is 2.98. The summed E-state index contributed by atoms with van der Waals surface area (Å²) in [5, 5.41) is 0. The third-order valence-corrected chi connectivity index (χ3v) is 5.95. The highest BCUT2D eigenvalue weighted by Gasteiger charge is 2.41. The van der Waals surface area contributed by atoms with Crippen molar-refractivity contribution in [2.24, 2.45) is 7.05 Å². The molecule has 5 heteroatoms. The van der Waals surface area contributed by atoms with E-state index in [2.05, 4.69) is 41.8 Å². The zero-order chi connectivity index (χ0) is 17.2. The van der Waals surface area contributed by atoms with Crippen LogP contribution >= 0.6 is 0 Å². The first-order valence-corrected chi connectivity index (χ1v) is 9.60. The van der Waals surface area contributed by atoms with Crippen LogP contribution in [-0.2, 0) is 18.3 Å². The Hall–Kier alpha value is -0.910. The van der Waals surface area contributed by atoms with E-state index in [0.29, 0.717) is 12.1 Å². The first-order valence-electron chi connectivity index (χ1n) is 9.60. The van der Waals surface area contributed by atoms with Crippen LogP contribution < -0.4 is 0 Å². The summed E-state index contributed by atoms with van der Waals surface area (Å²) in [4.78, 5) is 9.70. The molecule has 0 bridgehead atoms. The summed E-state index contributed by atoms with van der Waals surface area (Å²) in [6.45, 7) is 12.2. The Morgan fingerprint density at radius 1 is 1.38 bits per heavy atom. The van der Waals surface area contributed by atoms with Crippen LogP contribution in [-0.4, -0.2) is 63.3 Å². The van der Waals surface area contributed by atoms with Crippen molar-refractivity contribution in [2.75, 3.05) is 26.2 Å². The molecule has 0 radical (unpaired) electrons. The van der Waals surface area contributed by atoms with Gasteiger partial charge >= 0.3 is 0 Å². The van der Waals surface area contributed by atoms with Crippen molar-refractivity contribution in [2.45, 2.75) is 70.7 Å². The highest BCUT2D eigenvalue weighted by Crippen LogP contribution is 2.37. The minimum absolute atomic E-state index is 0.117. The fraction of sp³-hybridized carbons (Fsp3) is 0.842. The Morgan fingerprint density at radius 3 is 2.71 bits per heavy atom. The molecular formula is C19H34N4O. The maximum Gasteiger partial charge on any atom is 0.0947 e. The molecule has 2 fully saturated rings. The van der Waals surface area contributed by atoms with E-state index in [1.54, 1.807) is 0 Å². The van der Waals surface area contributed by atoms with Gasteiger partial charge in [-0.15, -0.1) is 0 Å². The van der Waals surface area contributed by atoms with Crippen molar-refractivity contribution in [3.63, 3.8) is 0 Å². The fourth-order valence-corrected chi connectivity index (χ4v) is 4.37. The number of hydrogen-bond donors (Lipinski definition) is 0. The molecule has 0 amide bonds. The summed E-state index contributed by atoms with van der Waals surface area (Å²) in [6.07, 6.45) is 8.73. The van der Waals surface area contributed by atoms with Crippen LogP contribution in [0.5, 0.6) is 0 Å². The number of hydrogen-bond acceptors (Lipinski definition) is 4. The maximum atomic E-state index is 6.34. The van der Waals surface area contributed by atoms with Crippen molar-refractivity contribution in [1.29, 1.82) is 0 Å². The number of nitrogens with zero attached hydrogens (tertiary/aromatic N) is 4. The number of aromatic nitrogens is 2. The smallest absolute Gasteiger partial charge is 0.0947 e. The van der Waals surface area contributed by atoms with Crippen molar-refractivity contribution in [3.8, 4) is 0 Å². The van der Waals surface area contributed by atoms with Gasteiger partial charge in [-0.3, -0.25) is 4.90 Å². The third kappa shape index (κ3) is 4.01. The van der Waals surface area contributed by atoms with E-state index in [4.69, 9.17) is 4.74 Å². The van der Waals surface area contributed by atoms with Crippen LogP contribution in [0.4, 0.5) is 0 Å². The van der Waals surface area contributed by atoms with Crippen LogP contribution in [0.2, 0.25) is 0 Å². The van der Waals surface area contributed by atoms with E-state index >= 15 is 0 Å². The van der Waals surface area contributed by atoms with E-state index in [9.17, 15) is 0 Å². The fourth-order valence-electron chi connectivity index (χ4n) is 4.37. The Balaban J connectivity index is 1.61. The molecule has 0 aromatic carbocycles. The molecule has 3 heterocycles. The van der Waals surface area contributed by atoms with Gasteiger partial charge < -0.3 is 14.2 Å². The molecule has 3 rings (SSSR count). The maximum absolute atomic E-state index is 6.34. The molecule has 1 aromatic rings. The van der Waals surface area contributed by atoms with Gasteiger partial charge in [0.15, 0.2) is 0 Å². The zero-order valence-electron chi connectivity index (χ0n) is 15.9. The largest absolute Gasteiger partial charge is 0.375 e. The second-order valence-corrected chi connectivity index (χ2v) is 7.90. The van der Waals surface area contributed by atoms with E-state index in [-0.39, 0.29) is 5.60 Å². The summed E-state index contributed by atoms with van der Waals surface area (Å²) < 4.78 is 8.38. The summed E-state index contributed by atoms with van der Waals surface area (Å²) in [6, 6.07) is 1.27. The molecule has 5 nitrogen and oxygen atoms in total. The standard InChI is InChI=1S/C19H34N4O/c1-5-22(14-17-13-21(4)15-20-17)18-6-11-24-19(12-18)7-9-23(10-8-19)16(2)3/h13,15-16,18H,5-12,14H2,1-4H3. The quantitative estimate of drug-likeness (QED) is 0.829. The second kappa shape index (κ2) is 7.54. The first kappa shape index (κ1) is 17.9. The second-order valence-electron chi connectivity index (χ2n) is 7.90. The third-order valence-electron chi connectivity index (χ3n) is 5.95. The van der Waals surface area contributed by atoms with E-state index in [1.165, 1.54) is 38.0 Å². The Kier molecular flexibility index (Phi) is 5.63. The molecule has 2 saturated heterocycles. The van der Waals surface area contributed by atoms with E-state index in [0.717, 1.165) is 26.1 Å². The summed E-state index contributed by atoms with van der Waals surface area (Å²) in [5.74, 6) is 0. The topological polar surface area (TPSA) is 33.5 Å². The average molecular weight is 335 g/mol. The minimum Gasteiger partial charge on any atom is -0.375 e. The molecule has 2 aliphatic rings. The molecule has 2 aliphatic heterocycles. The lowest BCUT2D eigenvalue weighted by Crippen LogP contribution is -2.54. The molecule has 1 spiro atoms. The molecule has 24 heavy (non-hydrogen) atoms. The summed E-state index contributed by atoms with van der Waals surface area (Å²) >= 11 is 0. The van der Waals surface area contributed by atoms with Crippen molar-refractivity contribution in [1.82, 2.24) is 19.4 Å². The van der Waals surface area contributed by atoms with Gasteiger partial charge in [-0.25, -0.2) is 4.98 Å². The Morgan fingerprint density at radius 2 is 2.12 bits per heavy atom. The van der Waals surface area contributed by atoms with Crippen molar-refractivity contribution >= 4 is 0 Å². The Labute approximate surface area is 147 Å². The predicted octanol–water partition coefficient (Wildman–Crippen LogP) is 2.66. The monoisotopic (exact) mass is 334 g/mol. The normalized spacial score (nSPS) is 25.0. The zero-order valence-corrected chi connectivity index (χ0v) is 15.9. The first-order chi connectivity index (χ1) is 11.5. The van der Waals surface area contributed by atoms with Gasteiger partial charge in [-0.2, -0.15) is 0 Å². The van der Waals surface area contributed by atoms with Gasteiger partial charge in [-0.05, 0) is 46.1 Å². The molecule has 0 N–H and O–H groups in total. The molecule has 1 unspecified atom stereocenters. The van der Waals surface area contributed by atoms with Crippen LogP contribution in [0.15, 0.2) is 12.5 Å². The molecule has 0 aliphatic carbocycles. The number of rotatable bonds is 5. The van der Waals surface area contributed by atoms with Crippen LogP contribution in [0.3, 0.4) is 0 Å². The number of aryl methyl sites for hydroxylation is 1. The van der Waals surface area contributed by atoms with Gasteiger partial charge in [0.05, 0.1) is 17.6 Å². The Bertz CT molecular complexity index is 519. The predicted molar refractivity (Wildman–Crippen MR) is 96.9 cm³/mol. The SMILES string of the molecule is CCN(Cc1cn(C)cn1)C1CCOC2(CCN(C(C)C)CC2)C1. The lowest BCUT2D eigenvalue weighted by Gasteiger charge is -2.49. The number of ether oxygens (including phenoxy) is 1. The van der Waals surface area contributed by atoms with Gasteiger partial charge in [0.2, 0.25) is 0 Å². The molecule has 0 saturated carbocycles. The molecule has 1 atom stereocenters. The van der Waals surface area contributed by atoms with E-state index < -0.39 is 0 Å². The van der Waals surface area contributed by atoms with E-state index in [1.807, 2.05) is 17.9 Å². The van der Waals surface area contributed by atoms with Crippen LogP contribution in [0.1, 0.15) is 52.1 Å². The lowest BCUT2D eigenvalue weighted by molar-refractivity contribution is -0.135. The van der Waals surface area contributed by atoms with Gasteiger partial charge in [0.1, 0.15) is 0 Å². The number of likely N-dealkylation sites (tertiary alicyclic amines) is 1. The minimum atomic E-state index is 0.117. The van der Waals surface area contributed by atoms with Gasteiger partial charge in [0.25, 0.3) is 0 Å². The van der Waals surface area contributed by atoms with Crippen molar-refractivity contribution in [3.05, 3.63) is 18.2 Å². The summed E-state index contributed by atoms with van der Waals surface area (Å²) in [5.41, 5.74) is 1.29. The highest BCUT2D eigenvalue weighted by molar-refractivity contribution is 4.99. The van der Waals surface area contributed by atoms with Crippen LogP contribution in [0, 0.1) is 0 Å². The molecule has 1 aromatic heterocycles. The van der Waals surface area contributed by atoms with Crippen molar-refractivity contribution < 1.29 is 4.74 Å². The lowest BCUT2D eigenvalue weighted by atomic mass is 9.81.